The summed E-state index contributed by atoms with van der Waals surface area (Å²) in [4.78, 5) is 5.08. The standard InChI is InChI=1S/C27H25N5O/c1-17(33)25-30-31-26-22-16-21(18-6-3-2-4-7-18)24(29-23(22)12-15-32(25)26)19-8-10-20(11-9-19)27(28)13-5-14-27/h2-4,6-12,15-17,33H,5,13-14,28H2,1H3. The zero-order chi connectivity index (χ0) is 22.6. The Labute approximate surface area is 191 Å². The quantitative estimate of drug-likeness (QED) is 0.415. The highest BCUT2D eigenvalue weighted by molar-refractivity contribution is 5.98. The second-order valence-electron chi connectivity index (χ2n) is 9.01. The molecule has 3 N–H and O–H groups in total. The van der Waals surface area contributed by atoms with Crippen LogP contribution in [0, 0.1) is 0 Å². The number of aromatic nitrogens is 4. The Morgan fingerprint density at radius 3 is 2.39 bits per heavy atom. The monoisotopic (exact) mass is 435 g/mol. The van der Waals surface area contributed by atoms with Gasteiger partial charge in [0.15, 0.2) is 11.5 Å². The molecule has 0 spiro atoms. The highest BCUT2D eigenvalue weighted by atomic mass is 16.3. The number of nitrogens with zero attached hydrogens (tertiary/aromatic N) is 4. The van der Waals surface area contributed by atoms with Gasteiger partial charge < -0.3 is 10.8 Å². The number of hydrogen-bond acceptors (Lipinski definition) is 5. The number of pyridine rings is 2. The summed E-state index contributed by atoms with van der Waals surface area (Å²) in [5, 5.41) is 19.5. The molecule has 0 bridgehead atoms. The summed E-state index contributed by atoms with van der Waals surface area (Å²) >= 11 is 0. The lowest BCUT2D eigenvalue weighted by Crippen LogP contribution is -2.43. The van der Waals surface area contributed by atoms with E-state index in [2.05, 4.69) is 52.7 Å². The molecule has 1 aliphatic carbocycles. The number of fused-ring (bicyclic) bond motifs is 3. The van der Waals surface area contributed by atoms with E-state index in [1.807, 2.05) is 34.9 Å². The van der Waals surface area contributed by atoms with E-state index in [1.165, 1.54) is 12.0 Å². The van der Waals surface area contributed by atoms with E-state index in [0.29, 0.717) is 11.5 Å². The molecular weight excluding hydrogens is 410 g/mol. The summed E-state index contributed by atoms with van der Waals surface area (Å²) in [6.07, 6.45) is 4.43. The number of rotatable bonds is 4. The molecule has 33 heavy (non-hydrogen) atoms. The molecule has 1 aliphatic rings. The topological polar surface area (TPSA) is 89.3 Å². The average molecular weight is 436 g/mol. The van der Waals surface area contributed by atoms with Gasteiger partial charge in [-0.15, -0.1) is 10.2 Å². The minimum Gasteiger partial charge on any atom is -0.385 e. The molecule has 3 heterocycles. The molecular formula is C27H25N5O. The molecule has 164 valence electrons. The summed E-state index contributed by atoms with van der Waals surface area (Å²) in [6, 6.07) is 22.9. The van der Waals surface area contributed by atoms with E-state index in [9.17, 15) is 5.11 Å². The van der Waals surface area contributed by atoms with Gasteiger partial charge in [0, 0.05) is 28.2 Å². The predicted molar refractivity (Wildman–Crippen MR) is 130 cm³/mol. The number of aliphatic hydroxyl groups excluding tert-OH is 1. The Hall–Kier alpha value is -3.61. The van der Waals surface area contributed by atoms with Crippen molar-refractivity contribution in [2.45, 2.75) is 37.8 Å². The molecule has 0 radical (unpaired) electrons. The lowest BCUT2D eigenvalue weighted by atomic mass is 9.72. The van der Waals surface area contributed by atoms with Crippen LogP contribution in [0.15, 0.2) is 72.9 Å². The van der Waals surface area contributed by atoms with Crippen molar-refractivity contribution in [3.8, 4) is 22.4 Å². The molecule has 1 saturated carbocycles. The maximum Gasteiger partial charge on any atom is 0.170 e. The largest absolute Gasteiger partial charge is 0.385 e. The Morgan fingerprint density at radius 1 is 0.970 bits per heavy atom. The van der Waals surface area contributed by atoms with Gasteiger partial charge in [0.25, 0.3) is 0 Å². The van der Waals surface area contributed by atoms with Gasteiger partial charge in [-0.3, -0.25) is 4.40 Å². The van der Waals surface area contributed by atoms with Crippen molar-refractivity contribution in [3.63, 3.8) is 0 Å². The van der Waals surface area contributed by atoms with Crippen LogP contribution in [-0.2, 0) is 5.54 Å². The fourth-order valence-corrected chi connectivity index (χ4v) is 4.76. The lowest BCUT2D eigenvalue weighted by molar-refractivity contribution is 0.187. The maximum absolute atomic E-state index is 10.1. The molecule has 1 fully saturated rings. The third kappa shape index (κ3) is 3.22. The van der Waals surface area contributed by atoms with Crippen LogP contribution in [0.25, 0.3) is 38.9 Å². The first-order chi connectivity index (χ1) is 16.0. The van der Waals surface area contributed by atoms with E-state index in [1.54, 1.807) is 6.92 Å². The van der Waals surface area contributed by atoms with Crippen LogP contribution < -0.4 is 5.73 Å². The molecule has 5 aromatic rings. The maximum atomic E-state index is 10.1. The van der Waals surface area contributed by atoms with Gasteiger partial charge >= 0.3 is 0 Å². The van der Waals surface area contributed by atoms with Crippen molar-refractivity contribution in [3.05, 3.63) is 84.3 Å². The predicted octanol–water partition coefficient (Wildman–Crippen LogP) is 5.00. The molecule has 6 nitrogen and oxygen atoms in total. The molecule has 6 rings (SSSR count). The fraction of sp³-hybridized carbons (Fsp3) is 0.222. The average Bonchev–Trinajstić information content (AvgIpc) is 3.27. The Kier molecular flexibility index (Phi) is 4.54. The SMILES string of the molecule is CC(O)c1nnc2c3cc(-c4ccccc4)c(-c4ccc(C5(N)CCC5)cc4)nc3ccn12. The highest BCUT2D eigenvalue weighted by Gasteiger charge is 2.34. The van der Waals surface area contributed by atoms with Crippen molar-refractivity contribution in [1.29, 1.82) is 0 Å². The zero-order valence-electron chi connectivity index (χ0n) is 18.4. The Balaban J connectivity index is 1.57. The van der Waals surface area contributed by atoms with Crippen LogP contribution in [0.4, 0.5) is 0 Å². The van der Waals surface area contributed by atoms with Crippen LogP contribution in [-0.4, -0.2) is 24.7 Å². The Bertz CT molecular complexity index is 1470. The number of aliphatic hydroxyl groups is 1. The van der Waals surface area contributed by atoms with Gasteiger partial charge in [0.1, 0.15) is 6.10 Å². The van der Waals surface area contributed by atoms with Crippen molar-refractivity contribution in [1.82, 2.24) is 19.6 Å². The molecule has 0 saturated heterocycles. The minimum absolute atomic E-state index is 0.182. The van der Waals surface area contributed by atoms with Gasteiger partial charge in [-0.2, -0.15) is 0 Å². The van der Waals surface area contributed by atoms with Crippen LogP contribution in [0.1, 0.15) is 43.7 Å². The molecule has 2 aromatic carbocycles. The second-order valence-corrected chi connectivity index (χ2v) is 9.01. The zero-order valence-corrected chi connectivity index (χ0v) is 18.4. The molecule has 6 heteroatoms. The van der Waals surface area contributed by atoms with Crippen molar-refractivity contribution in [2.24, 2.45) is 5.73 Å². The van der Waals surface area contributed by atoms with Crippen molar-refractivity contribution in [2.75, 3.05) is 0 Å². The molecule has 0 aliphatic heterocycles. The summed E-state index contributed by atoms with van der Waals surface area (Å²) < 4.78 is 1.83. The van der Waals surface area contributed by atoms with Gasteiger partial charge in [0.2, 0.25) is 0 Å². The Morgan fingerprint density at radius 2 is 1.73 bits per heavy atom. The third-order valence-electron chi connectivity index (χ3n) is 6.83. The van der Waals surface area contributed by atoms with Crippen molar-refractivity contribution >= 4 is 16.6 Å². The van der Waals surface area contributed by atoms with E-state index >= 15 is 0 Å². The van der Waals surface area contributed by atoms with Crippen molar-refractivity contribution < 1.29 is 5.11 Å². The van der Waals surface area contributed by atoms with Crippen LogP contribution >= 0.6 is 0 Å². The third-order valence-corrected chi connectivity index (χ3v) is 6.83. The first-order valence-corrected chi connectivity index (χ1v) is 11.4. The van der Waals surface area contributed by atoms with Gasteiger partial charge in [-0.05, 0) is 49.4 Å². The van der Waals surface area contributed by atoms with Crippen LogP contribution in [0.3, 0.4) is 0 Å². The normalized spacial score (nSPS) is 16.1. The van der Waals surface area contributed by atoms with E-state index in [-0.39, 0.29) is 5.54 Å². The second kappa shape index (κ2) is 7.47. The van der Waals surface area contributed by atoms with Gasteiger partial charge in [-0.1, -0.05) is 54.6 Å². The molecule has 1 unspecified atom stereocenters. The van der Waals surface area contributed by atoms with E-state index in [0.717, 1.165) is 46.1 Å². The smallest absolute Gasteiger partial charge is 0.170 e. The molecule has 1 atom stereocenters. The fourth-order valence-electron chi connectivity index (χ4n) is 4.76. The summed E-state index contributed by atoms with van der Waals surface area (Å²) in [5.41, 5.74) is 13.1. The van der Waals surface area contributed by atoms with Crippen LogP contribution in [0.5, 0.6) is 0 Å². The number of nitrogens with two attached hydrogens (primary N) is 1. The van der Waals surface area contributed by atoms with Gasteiger partial charge in [-0.25, -0.2) is 4.98 Å². The summed E-state index contributed by atoms with van der Waals surface area (Å²) in [6.45, 7) is 1.69. The lowest BCUT2D eigenvalue weighted by Gasteiger charge is -2.38. The minimum atomic E-state index is -0.710. The first kappa shape index (κ1) is 20.0. The summed E-state index contributed by atoms with van der Waals surface area (Å²) in [7, 11) is 0. The molecule has 0 amide bonds. The highest BCUT2D eigenvalue weighted by Crippen LogP contribution is 2.40. The summed E-state index contributed by atoms with van der Waals surface area (Å²) in [5.74, 6) is 0.513. The first-order valence-electron chi connectivity index (χ1n) is 11.4. The van der Waals surface area contributed by atoms with E-state index < -0.39 is 6.10 Å². The van der Waals surface area contributed by atoms with Crippen LogP contribution in [0.2, 0.25) is 0 Å². The van der Waals surface area contributed by atoms with Gasteiger partial charge in [0.05, 0.1) is 11.2 Å². The molecule has 3 aromatic heterocycles. The van der Waals surface area contributed by atoms with E-state index in [4.69, 9.17) is 10.7 Å². The number of hydrogen-bond donors (Lipinski definition) is 2. The number of benzene rings is 2.